The molecule has 8 heteroatoms. The number of furan rings is 1. The van der Waals surface area contributed by atoms with E-state index in [0.29, 0.717) is 18.7 Å². The lowest BCUT2D eigenvalue weighted by molar-refractivity contribution is -0.139. The lowest BCUT2D eigenvalue weighted by Gasteiger charge is -2.19. The molecule has 0 fully saturated rings. The Kier molecular flexibility index (Phi) is 11.4. The van der Waals surface area contributed by atoms with Crippen molar-refractivity contribution < 1.29 is 23.8 Å². The maximum absolute atomic E-state index is 13.4. The second kappa shape index (κ2) is 15.4. The third-order valence-electron chi connectivity index (χ3n) is 6.98. The molecule has 0 spiro atoms. The number of nitrogens with one attached hydrogen (secondary N) is 2. The number of benzene rings is 3. The molecular formula is C34H38N2O5S. The van der Waals surface area contributed by atoms with Crippen LogP contribution in [0.25, 0.3) is 22.5 Å². The smallest absolute Gasteiger partial charge is 0.326 e. The number of aliphatic carboxylic acids is 1. The van der Waals surface area contributed by atoms with E-state index in [1.807, 2.05) is 85.8 Å². The van der Waals surface area contributed by atoms with E-state index >= 15 is 0 Å². The SMILES string of the molecule is CCSCC(OCc1ccc(C(=O)NC(CCNC)C(=O)O)c(-c2ccccc2C)c1)c1ccc(-c2ccccc2)o1. The second-order valence-electron chi connectivity index (χ2n) is 9.98. The number of carbonyl (C=O) groups excluding carboxylic acids is 1. The Morgan fingerprint density at radius 1 is 0.976 bits per heavy atom. The molecule has 1 heterocycles. The standard InChI is InChI=1S/C34H38N2O5S/c1-4-42-22-32(31-17-16-30(41-31)25-11-6-5-7-12-25)40-21-24-14-15-27(28(20-24)26-13-9-8-10-23(26)2)33(37)36-29(34(38)39)18-19-35-3/h5-17,20,29,32,35H,4,18-19,21-22H2,1-3H3,(H,36,37)(H,38,39). The van der Waals surface area contributed by atoms with Gasteiger partial charge in [0.2, 0.25) is 0 Å². The number of carbonyl (C=O) groups is 2. The third-order valence-corrected chi connectivity index (χ3v) is 7.92. The van der Waals surface area contributed by atoms with E-state index in [-0.39, 0.29) is 12.5 Å². The fourth-order valence-electron chi connectivity index (χ4n) is 4.68. The molecule has 3 aromatic carbocycles. The molecule has 4 rings (SSSR count). The molecular weight excluding hydrogens is 548 g/mol. The number of aryl methyl sites for hydroxylation is 1. The number of hydrogen-bond acceptors (Lipinski definition) is 6. The number of ether oxygens (including phenoxy) is 1. The summed E-state index contributed by atoms with van der Waals surface area (Å²) in [5.74, 6) is 1.78. The first-order chi connectivity index (χ1) is 20.4. The Balaban J connectivity index is 1.59. The van der Waals surface area contributed by atoms with Gasteiger partial charge in [0.1, 0.15) is 23.7 Å². The summed E-state index contributed by atoms with van der Waals surface area (Å²) in [6, 6.07) is 26.4. The molecule has 1 aromatic heterocycles. The van der Waals surface area contributed by atoms with Crippen LogP contribution in [0.2, 0.25) is 0 Å². The molecule has 0 aliphatic heterocycles. The Labute approximate surface area is 251 Å². The Hall–Kier alpha value is -3.85. The van der Waals surface area contributed by atoms with Gasteiger partial charge in [0.15, 0.2) is 0 Å². The number of amides is 1. The summed E-state index contributed by atoms with van der Waals surface area (Å²) in [5.41, 5.74) is 4.97. The summed E-state index contributed by atoms with van der Waals surface area (Å²) in [6.07, 6.45) is 0.0276. The van der Waals surface area contributed by atoms with Crippen LogP contribution in [-0.4, -0.2) is 48.1 Å². The van der Waals surface area contributed by atoms with Crippen molar-refractivity contribution in [3.63, 3.8) is 0 Å². The van der Waals surface area contributed by atoms with Crippen LogP contribution in [-0.2, 0) is 16.1 Å². The van der Waals surface area contributed by atoms with Gasteiger partial charge in [-0.05, 0) is 79.2 Å². The van der Waals surface area contributed by atoms with E-state index in [4.69, 9.17) is 9.15 Å². The van der Waals surface area contributed by atoms with Crippen molar-refractivity contribution in [2.24, 2.45) is 0 Å². The fourth-order valence-corrected chi connectivity index (χ4v) is 5.39. The average molecular weight is 587 g/mol. The van der Waals surface area contributed by atoms with Gasteiger partial charge in [0, 0.05) is 16.9 Å². The lowest BCUT2D eigenvalue weighted by Crippen LogP contribution is -2.42. The van der Waals surface area contributed by atoms with Crippen molar-refractivity contribution in [1.29, 1.82) is 0 Å². The zero-order valence-corrected chi connectivity index (χ0v) is 25.1. The molecule has 2 atom stereocenters. The second-order valence-corrected chi connectivity index (χ2v) is 11.3. The van der Waals surface area contributed by atoms with E-state index in [9.17, 15) is 14.7 Å². The summed E-state index contributed by atoms with van der Waals surface area (Å²) in [5, 5.41) is 15.3. The topological polar surface area (TPSA) is 101 Å². The van der Waals surface area contributed by atoms with Crippen molar-refractivity contribution in [3.05, 3.63) is 107 Å². The molecule has 220 valence electrons. The van der Waals surface area contributed by atoms with Crippen molar-refractivity contribution >= 4 is 23.6 Å². The molecule has 4 aromatic rings. The maximum Gasteiger partial charge on any atom is 0.326 e. The summed E-state index contributed by atoms with van der Waals surface area (Å²) in [4.78, 5) is 25.2. The van der Waals surface area contributed by atoms with E-state index in [1.54, 1.807) is 24.9 Å². The van der Waals surface area contributed by atoms with Crippen LogP contribution in [0, 0.1) is 6.92 Å². The fraction of sp³-hybridized carbons (Fsp3) is 0.294. The number of rotatable bonds is 15. The van der Waals surface area contributed by atoms with Gasteiger partial charge in [0.25, 0.3) is 5.91 Å². The summed E-state index contributed by atoms with van der Waals surface area (Å²) < 4.78 is 12.6. The van der Waals surface area contributed by atoms with E-state index in [2.05, 4.69) is 17.6 Å². The third kappa shape index (κ3) is 8.12. The summed E-state index contributed by atoms with van der Waals surface area (Å²) in [6.45, 7) is 4.90. The lowest BCUT2D eigenvalue weighted by atomic mass is 9.93. The molecule has 0 aliphatic carbocycles. The summed E-state index contributed by atoms with van der Waals surface area (Å²) in [7, 11) is 1.75. The van der Waals surface area contributed by atoms with Crippen molar-refractivity contribution in [1.82, 2.24) is 10.6 Å². The monoisotopic (exact) mass is 586 g/mol. The Morgan fingerprint density at radius 3 is 2.45 bits per heavy atom. The van der Waals surface area contributed by atoms with Crippen LogP contribution in [0.4, 0.5) is 0 Å². The molecule has 0 radical (unpaired) electrons. The zero-order valence-electron chi connectivity index (χ0n) is 24.3. The number of carboxylic acid groups (broad SMARTS) is 1. The largest absolute Gasteiger partial charge is 0.480 e. The predicted molar refractivity (Wildman–Crippen MR) is 169 cm³/mol. The maximum atomic E-state index is 13.4. The van der Waals surface area contributed by atoms with E-state index in [1.165, 1.54) is 0 Å². The number of thioether (sulfide) groups is 1. The summed E-state index contributed by atoms with van der Waals surface area (Å²) >= 11 is 1.78. The average Bonchev–Trinajstić information content (AvgIpc) is 3.50. The Bertz CT molecular complexity index is 1470. The predicted octanol–water partition coefficient (Wildman–Crippen LogP) is 6.73. The van der Waals surface area contributed by atoms with Crippen molar-refractivity contribution in [2.45, 2.75) is 39.0 Å². The van der Waals surface area contributed by atoms with Crippen LogP contribution in [0.1, 0.15) is 46.7 Å². The number of carboxylic acids is 1. The normalized spacial score (nSPS) is 12.5. The molecule has 1 amide bonds. The van der Waals surface area contributed by atoms with Gasteiger partial charge in [-0.2, -0.15) is 11.8 Å². The molecule has 2 unspecified atom stereocenters. The minimum atomic E-state index is -1.06. The van der Waals surface area contributed by atoms with Crippen LogP contribution in [0.3, 0.4) is 0 Å². The molecule has 3 N–H and O–H groups in total. The quantitative estimate of drug-likeness (QED) is 0.142. The highest BCUT2D eigenvalue weighted by Gasteiger charge is 2.23. The zero-order chi connectivity index (χ0) is 29.9. The highest BCUT2D eigenvalue weighted by Crippen LogP contribution is 2.32. The molecule has 0 aliphatic rings. The van der Waals surface area contributed by atoms with Crippen LogP contribution >= 0.6 is 11.8 Å². The van der Waals surface area contributed by atoms with E-state index < -0.39 is 17.9 Å². The van der Waals surface area contributed by atoms with Gasteiger partial charge in [-0.25, -0.2) is 4.79 Å². The molecule has 7 nitrogen and oxygen atoms in total. The highest BCUT2D eigenvalue weighted by molar-refractivity contribution is 7.99. The Morgan fingerprint density at radius 2 is 1.74 bits per heavy atom. The van der Waals surface area contributed by atoms with E-state index in [0.717, 1.165) is 50.8 Å². The van der Waals surface area contributed by atoms with Gasteiger partial charge >= 0.3 is 5.97 Å². The number of hydrogen-bond donors (Lipinski definition) is 3. The first kappa shape index (κ1) is 31.1. The van der Waals surface area contributed by atoms with Gasteiger partial charge in [-0.1, -0.05) is 67.6 Å². The molecule has 0 saturated carbocycles. The van der Waals surface area contributed by atoms with Crippen molar-refractivity contribution in [3.8, 4) is 22.5 Å². The van der Waals surface area contributed by atoms with Gasteiger partial charge in [-0.15, -0.1) is 0 Å². The first-order valence-electron chi connectivity index (χ1n) is 14.1. The highest BCUT2D eigenvalue weighted by atomic mass is 32.2. The molecule has 42 heavy (non-hydrogen) atoms. The van der Waals surface area contributed by atoms with Crippen LogP contribution in [0.15, 0.2) is 89.3 Å². The van der Waals surface area contributed by atoms with Crippen LogP contribution < -0.4 is 10.6 Å². The van der Waals surface area contributed by atoms with Crippen molar-refractivity contribution in [2.75, 3.05) is 25.1 Å². The minimum Gasteiger partial charge on any atom is -0.480 e. The van der Waals surface area contributed by atoms with Gasteiger partial charge in [-0.3, -0.25) is 4.79 Å². The molecule has 0 bridgehead atoms. The minimum absolute atomic E-state index is 0.249. The first-order valence-corrected chi connectivity index (χ1v) is 15.3. The van der Waals surface area contributed by atoms with Gasteiger partial charge in [0.05, 0.1) is 6.61 Å². The van der Waals surface area contributed by atoms with Crippen LogP contribution in [0.5, 0.6) is 0 Å². The van der Waals surface area contributed by atoms with Gasteiger partial charge < -0.3 is 24.9 Å². The molecule has 0 saturated heterocycles.